The molecule has 1 aromatic rings. The van der Waals surface area contributed by atoms with Crippen molar-refractivity contribution in [2.75, 3.05) is 13.2 Å². The molecule has 0 spiro atoms. The van der Waals surface area contributed by atoms with Crippen LogP contribution in [0, 0.1) is 11.8 Å². The van der Waals surface area contributed by atoms with E-state index >= 15 is 0 Å². The van der Waals surface area contributed by atoms with E-state index < -0.39 is 0 Å². The zero-order valence-corrected chi connectivity index (χ0v) is 11.8. The smallest absolute Gasteiger partial charge is 0.317 e. The van der Waals surface area contributed by atoms with Crippen LogP contribution in [-0.4, -0.2) is 25.2 Å². The molecule has 0 aliphatic heterocycles. The molecule has 4 heteroatoms. The molecule has 20 heavy (non-hydrogen) atoms. The Balaban J connectivity index is 2.52. The molecular formula is C16H18O4. The van der Waals surface area contributed by atoms with Gasteiger partial charge < -0.3 is 9.47 Å². The average molecular weight is 274 g/mol. The summed E-state index contributed by atoms with van der Waals surface area (Å²) in [6.45, 7) is 4.28. The third-order valence-electron chi connectivity index (χ3n) is 2.38. The van der Waals surface area contributed by atoms with Crippen molar-refractivity contribution in [1.82, 2.24) is 0 Å². The van der Waals surface area contributed by atoms with Gasteiger partial charge in [-0.05, 0) is 31.5 Å². The van der Waals surface area contributed by atoms with E-state index in [4.69, 9.17) is 9.47 Å². The largest absolute Gasteiger partial charge is 0.466 e. The lowest BCUT2D eigenvalue weighted by atomic mass is 10.1. The second-order valence-electron chi connectivity index (χ2n) is 3.96. The summed E-state index contributed by atoms with van der Waals surface area (Å²) in [5, 5.41) is 0. The van der Waals surface area contributed by atoms with Crippen LogP contribution in [0.3, 0.4) is 0 Å². The second-order valence-corrected chi connectivity index (χ2v) is 3.96. The molecule has 0 heterocycles. The van der Waals surface area contributed by atoms with E-state index in [2.05, 4.69) is 11.8 Å². The molecule has 0 fully saturated rings. The molecule has 1 rings (SSSR count). The molecule has 0 bridgehead atoms. The average Bonchev–Trinajstić information content (AvgIpc) is 2.41. The standard InChI is InChI=1S/C16H18O4/c1-3-19-15(17)7-5-6-13-8-10-14(11-9-13)12-16(18)20-4-2/h8-11H,3-4,7,12H2,1-2H3. The minimum atomic E-state index is -0.320. The number of benzene rings is 1. The Morgan fingerprint density at radius 2 is 1.60 bits per heavy atom. The lowest BCUT2D eigenvalue weighted by molar-refractivity contribution is -0.143. The van der Waals surface area contributed by atoms with Crippen LogP contribution in [0.1, 0.15) is 31.4 Å². The lowest BCUT2D eigenvalue weighted by Crippen LogP contribution is -2.07. The normalized spacial score (nSPS) is 9.30. The van der Waals surface area contributed by atoms with Crippen LogP contribution < -0.4 is 0 Å². The molecule has 106 valence electrons. The number of hydrogen-bond donors (Lipinski definition) is 0. The van der Waals surface area contributed by atoms with E-state index in [0.29, 0.717) is 13.2 Å². The van der Waals surface area contributed by atoms with E-state index in [1.807, 2.05) is 24.3 Å². The number of ether oxygens (including phenoxy) is 2. The second kappa shape index (κ2) is 8.76. The Labute approximate surface area is 119 Å². The van der Waals surface area contributed by atoms with Crippen molar-refractivity contribution in [1.29, 1.82) is 0 Å². The third kappa shape index (κ3) is 6.05. The predicted octanol–water partition coefficient (Wildman–Crippen LogP) is 2.10. The minimum Gasteiger partial charge on any atom is -0.466 e. The summed E-state index contributed by atoms with van der Waals surface area (Å²) in [5.74, 6) is 5.06. The van der Waals surface area contributed by atoms with Crippen LogP contribution >= 0.6 is 0 Å². The fraction of sp³-hybridized carbons (Fsp3) is 0.375. The number of rotatable bonds is 5. The van der Waals surface area contributed by atoms with Gasteiger partial charge in [0.05, 0.1) is 19.6 Å². The van der Waals surface area contributed by atoms with Crippen LogP contribution in [0.4, 0.5) is 0 Å². The quantitative estimate of drug-likeness (QED) is 0.609. The molecule has 0 unspecified atom stereocenters. The van der Waals surface area contributed by atoms with Gasteiger partial charge in [0, 0.05) is 5.56 Å². The van der Waals surface area contributed by atoms with Crippen LogP contribution in [0.2, 0.25) is 0 Å². The van der Waals surface area contributed by atoms with Crippen molar-refractivity contribution in [3.63, 3.8) is 0 Å². The molecule has 0 saturated heterocycles. The Bertz CT molecular complexity index is 506. The first-order valence-corrected chi connectivity index (χ1v) is 6.54. The topological polar surface area (TPSA) is 52.6 Å². The van der Waals surface area contributed by atoms with Crippen molar-refractivity contribution in [2.45, 2.75) is 26.7 Å². The maximum absolute atomic E-state index is 11.3. The SMILES string of the molecule is CCOC(=O)CC#Cc1ccc(CC(=O)OCC)cc1. The van der Waals surface area contributed by atoms with Gasteiger partial charge in [0.15, 0.2) is 0 Å². The molecule has 0 aromatic heterocycles. The van der Waals surface area contributed by atoms with Gasteiger partial charge in [-0.3, -0.25) is 9.59 Å². The molecule has 0 amide bonds. The number of hydrogen-bond acceptors (Lipinski definition) is 4. The fourth-order valence-corrected chi connectivity index (χ4v) is 1.52. The highest BCUT2D eigenvalue weighted by Crippen LogP contribution is 2.05. The monoisotopic (exact) mass is 274 g/mol. The summed E-state index contributed by atoms with van der Waals surface area (Å²) < 4.78 is 9.64. The molecule has 0 aliphatic carbocycles. The zero-order valence-electron chi connectivity index (χ0n) is 11.8. The van der Waals surface area contributed by atoms with Crippen LogP contribution in [0.15, 0.2) is 24.3 Å². The van der Waals surface area contributed by atoms with E-state index in [1.54, 1.807) is 13.8 Å². The summed E-state index contributed by atoms with van der Waals surface area (Å²) in [6.07, 6.45) is 0.336. The van der Waals surface area contributed by atoms with E-state index in [1.165, 1.54) is 0 Å². The zero-order chi connectivity index (χ0) is 14.8. The van der Waals surface area contributed by atoms with Crippen molar-refractivity contribution in [2.24, 2.45) is 0 Å². The van der Waals surface area contributed by atoms with Crippen LogP contribution in [0.5, 0.6) is 0 Å². The highest BCUT2D eigenvalue weighted by atomic mass is 16.5. The molecule has 4 nitrogen and oxygen atoms in total. The Morgan fingerprint density at radius 3 is 2.20 bits per heavy atom. The van der Waals surface area contributed by atoms with Gasteiger partial charge in [-0.15, -0.1) is 0 Å². The number of carbonyl (C=O) groups excluding carboxylic acids is 2. The molecule has 0 N–H and O–H groups in total. The fourth-order valence-electron chi connectivity index (χ4n) is 1.52. The Morgan fingerprint density at radius 1 is 1.00 bits per heavy atom. The van der Waals surface area contributed by atoms with E-state index in [9.17, 15) is 9.59 Å². The van der Waals surface area contributed by atoms with Gasteiger partial charge in [0.2, 0.25) is 0 Å². The van der Waals surface area contributed by atoms with Gasteiger partial charge in [-0.25, -0.2) is 0 Å². The van der Waals surface area contributed by atoms with Gasteiger partial charge >= 0.3 is 11.9 Å². The summed E-state index contributed by atoms with van der Waals surface area (Å²) in [6, 6.07) is 7.27. The van der Waals surface area contributed by atoms with E-state index in [0.717, 1.165) is 11.1 Å². The van der Waals surface area contributed by atoms with Crippen molar-refractivity contribution in [3.05, 3.63) is 35.4 Å². The summed E-state index contributed by atoms with van der Waals surface area (Å²) >= 11 is 0. The highest BCUT2D eigenvalue weighted by Gasteiger charge is 2.03. The first-order valence-electron chi connectivity index (χ1n) is 6.54. The highest BCUT2D eigenvalue weighted by molar-refractivity contribution is 5.73. The Hall–Kier alpha value is -2.28. The van der Waals surface area contributed by atoms with Crippen molar-refractivity contribution < 1.29 is 19.1 Å². The number of carbonyl (C=O) groups is 2. The van der Waals surface area contributed by atoms with Crippen LogP contribution in [0.25, 0.3) is 0 Å². The first kappa shape index (κ1) is 15.8. The molecular weight excluding hydrogens is 256 g/mol. The van der Waals surface area contributed by atoms with Gasteiger partial charge in [-0.1, -0.05) is 24.0 Å². The minimum absolute atomic E-state index is 0.0818. The molecule has 1 aromatic carbocycles. The van der Waals surface area contributed by atoms with Gasteiger partial charge in [0.1, 0.15) is 6.42 Å². The summed E-state index contributed by atoms with van der Waals surface area (Å²) in [5.41, 5.74) is 1.67. The molecule has 0 aliphatic rings. The first-order chi connectivity index (χ1) is 9.65. The maximum atomic E-state index is 11.3. The van der Waals surface area contributed by atoms with Gasteiger partial charge in [0.25, 0.3) is 0 Å². The number of esters is 2. The van der Waals surface area contributed by atoms with Crippen molar-refractivity contribution in [3.8, 4) is 11.8 Å². The summed E-state index contributed by atoms with van der Waals surface area (Å²) in [4.78, 5) is 22.4. The summed E-state index contributed by atoms with van der Waals surface area (Å²) in [7, 11) is 0. The predicted molar refractivity (Wildman–Crippen MR) is 74.9 cm³/mol. The maximum Gasteiger partial charge on any atom is 0.317 e. The van der Waals surface area contributed by atoms with E-state index in [-0.39, 0.29) is 24.8 Å². The lowest BCUT2D eigenvalue weighted by Gasteiger charge is -2.01. The van der Waals surface area contributed by atoms with Crippen molar-refractivity contribution >= 4 is 11.9 Å². The Kier molecular flexibility index (Phi) is 6.91. The molecule has 0 atom stereocenters. The molecule has 0 saturated carbocycles. The molecule has 0 radical (unpaired) electrons. The van der Waals surface area contributed by atoms with Gasteiger partial charge in [-0.2, -0.15) is 0 Å². The third-order valence-corrected chi connectivity index (χ3v) is 2.38. The van der Waals surface area contributed by atoms with Crippen LogP contribution in [-0.2, 0) is 25.5 Å².